The number of nitro groups is 1. The molecule has 8 rings (SSSR count). The van der Waals surface area contributed by atoms with E-state index < -0.39 is 37.5 Å². The Morgan fingerprint density at radius 2 is 1.82 bits per heavy atom. The van der Waals surface area contributed by atoms with E-state index in [-0.39, 0.29) is 41.5 Å². The number of hydrogen-bond acceptors (Lipinski definition) is 12. The smallest absolute Gasteiger partial charge is 0.319 e. The van der Waals surface area contributed by atoms with E-state index in [1.54, 1.807) is 41.2 Å². The van der Waals surface area contributed by atoms with E-state index in [9.17, 15) is 28.1 Å². The zero-order valence-corrected chi connectivity index (χ0v) is 39.7. The first kappa shape index (κ1) is 47.3. The summed E-state index contributed by atoms with van der Waals surface area (Å²) in [5.74, 6) is -0.560. The summed E-state index contributed by atoms with van der Waals surface area (Å²) in [5, 5.41) is 16.7. The van der Waals surface area contributed by atoms with Gasteiger partial charge in [0.1, 0.15) is 22.8 Å². The van der Waals surface area contributed by atoms with Gasteiger partial charge in [-0.1, -0.05) is 43.2 Å². The molecule has 2 fully saturated rings. The number of benzene rings is 3. The van der Waals surface area contributed by atoms with Gasteiger partial charge in [0.05, 0.1) is 40.8 Å². The summed E-state index contributed by atoms with van der Waals surface area (Å²) < 4.78 is 41.8. The van der Waals surface area contributed by atoms with Crippen LogP contribution in [0.4, 0.5) is 21.9 Å². The van der Waals surface area contributed by atoms with Crippen LogP contribution in [0.25, 0.3) is 16.6 Å². The number of carbonyl (C=O) groups is 2. The van der Waals surface area contributed by atoms with Crippen molar-refractivity contribution in [2.45, 2.75) is 51.0 Å². The average Bonchev–Trinajstić information content (AvgIpc) is 3.79. The highest BCUT2D eigenvalue weighted by Gasteiger charge is 2.31. The number of carbonyl (C=O) groups excluding carboxylic acids is 2. The third kappa shape index (κ3) is 11.2. The number of fused-ring (bicyclic) bond motifs is 1. The maximum atomic E-state index is 14.0. The van der Waals surface area contributed by atoms with Crippen LogP contribution in [0.3, 0.4) is 0 Å². The predicted octanol–water partition coefficient (Wildman–Crippen LogP) is 8.01. The van der Waals surface area contributed by atoms with Crippen molar-refractivity contribution < 1.29 is 32.4 Å². The number of H-pyrrole nitrogens is 1. The number of hydrogen-bond donors (Lipinski definition) is 3. The fourth-order valence-electron chi connectivity index (χ4n) is 8.81. The number of pyridine rings is 1. The number of allylic oxidation sites excluding steroid dienone is 1. The van der Waals surface area contributed by atoms with Gasteiger partial charge < -0.3 is 34.5 Å². The van der Waals surface area contributed by atoms with E-state index in [0.717, 1.165) is 61.1 Å². The van der Waals surface area contributed by atoms with Crippen LogP contribution in [0.2, 0.25) is 5.02 Å². The highest BCUT2D eigenvalue weighted by molar-refractivity contribution is 7.90. The van der Waals surface area contributed by atoms with Crippen LogP contribution in [0, 0.1) is 15.5 Å². The minimum absolute atomic E-state index is 0.0471. The summed E-state index contributed by atoms with van der Waals surface area (Å²) in [6, 6.07) is 20.0. The topological polar surface area (TPSA) is 196 Å². The number of halogens is 1. The van der Waals surface area contributed by atoms with Gasteiger partial charge in [0.25, 0.3) is 21.6 Å². The second kappa shape index (κ2) is 19.9. The highest BCUT2D eigenvalue weighted by Crippen LogP contribution is 2.43. The summed E-state index contributed by atoms with van der Waals surface area (Å²) in [4.78, 5) is 53.2. The third-order valence-electron chi connectivity index (χ3n) is 12.8. The number of urea groups is 1. The molecule has 3 amide bonds. The van der Waals surface area contributed by atoms with Crippen LogP contribution in [0.5, 0.6) is 11.5 Å². The minimum atomic E-state index is -4.64. The van der Waals surface area contributed by atoms with E-state index in [0.29, 0.717) is 44.2 Å². The molecule has 2 saturated heterocycles. The van der Waals surface area contributed by atoms with Crippen LogP contribution in [-0.2, 0) is 14.8 Å². The molecule has 0 spiro atoms. The lowest BCUT2D eigenvalue weighted by molar-refractivity contribution is -0.384. The third-order valence-corrected chi connectivity index (χ3v) is 14.4. The molecule has 0 radical (unpaired) electrons. The quantitative estimate of drug-likeness (QED) is 0.0718. The molecule has 1 atom stereocenters. The molecular weight excluding hydrogens is 898 g/mol. The Bertz CT molecular complexity index is 2790. The van der Waals surface area contributed by atoms with Crippen molar-refractivity contribution in [2.24, 2.45) is 5.41 Å². The fraction of sp³-hybridized carbons (Fsp3) is 0.396. The van der Waals surface area contributed by atoms with E-state index in [2.05, 4.69) is 55.8 Å². The first-order valence-corrected chi connectivity index (χ1v) is 24.3. The number of amides is 3. The molecule has 2 aliphatic heterocycles. The highest BCUT2D eigenvalue weighted by atomic mass is 35.5. The van der Waals surface area contributed by atoms with Crippen molar-refractivity contribution in [1.29, 1.82) is 0 Å². The molecule has 1 unspecified atom stereocenters. The van der Waals surface area contributed by atoms with E-state index in [1.807, 2.05) is 25.1 Å². The summed E-state index contributed by atoms with van der Waals surface area (Å²) in [6.45, 7) is 12.1. The minimum Gasteiger partial charge on any atom is -0.455 e. The molecule has 1 aliphatic carbocycles. The van der Waals surface area contributed by atoms with Gasteiger partial charge in [0.15, 0.2) is 0 Å². The van der Waals surface area contributed by atoms with Crippen LogP contribution in [-0.4, -0.2) is 129 Å². The van der Waals surface area contributed by atoms with Crippen molar-refractivity contribution >= 4 is 67.2 Å². The zero-order valence-electron chi connectivity index (χ0n) is 38.1. The first-order chi connectivity index (χ1) is 32.1. The van der Waals surface area contributed by atoms with Crippen molar-refractivity contribution in [3.8, 4) is 11.5 Å². The van der Waals surface area contributed by atoms with E-state index in [4.69, 9.17) is 21.1 Å². The fourth-order valence-corrected chi connectivity index (χ4v) is 9.92. The lowest BCUT2D eigenvalue weighted by Gasteiger charge is -2.39. The Hall–Kier alpha value is -6.21. The van der Waals surface area contributed by atoms with Crippen LogP contribution < -0.4 is 19.7 Å². The standard InChI is InChI=1S/C48H56ClN9O8S/c1-5-54(4)47(60)57-22-23-65-38(31-57)29-51-42-13-11-39(26-43(42)58(61)62)67(63,64)53-46(59)40-12-10-36(25-44(40)66-37-24-33-15-17-50-45(33)52-28-37)56-20-18-55(19-21-56)30-34-14-16-48(2,3)27-41(34)32-6-8-35(49)9-7-32/h6-13,15,17,24-26,28,38,51H,5,14,16,18-23,27,29-31H2,1-4H3,(H,50,52)(H,53,59). The Morgan fingerprint density at radius 1 is 1.04 bits per heavy atom. The van der Waals surface area contributed by atoms with Gasteiger partial charge >= 0.3 is 6.03 Å². The Labute approximate surface area is 395 Å². The number of morpholine rings is 1. The lowest BCUT2D eigenvalue weighted by atomic mass is 9.72. The number of sulfonamides is 1. The van der Waals surface area contributed by atoms with Crippen LogP contribution in [0.15, 0.2) is 95.7 Å². The molecule has 354 valence electrons. The van der Waals surface area contributed by atoms with Gasteiger partial charge in [0.2, 0.25) is 0 Å². The predicted molar refractivity (Wildman–Crippen MR) is 259 cm³/mol. The molecule has 2 aromatic heterocycles. The number of nitrogens with one attached hydrogen (secondary N) is 3. The van der Waals surface area contributed by atoms with Gasteiger partial charge in [-0.05, 0) is 91.3 Å². The zero-order chi connectivity index (χ0) is 47.5. The van der Waals surface area contributed by atoms with E-state index >= 15 is 0 Å². The molecule has 5 aromatic rings. The number of aromatic amines is 1. The molecule has 4 heterocycles. The molecule has 67 heavy (non-hydrogen) atoms. The SMILES string of the molecule is CCN(C)C(=O)N1CCOC(CNc2ccc(S(=O)(=O)NC(=O)c3ccc(N4CCN(CC5=C(c6ccc(Cl)cc6)CC(C)(C)CC5)CC4)cc3Oc3cnc4[nH]ccc4c3)cc2[N+](=O)[O-])C1. The number of nitro benzene ring substituents is 1. The molecular formula is C48H56ClN9O8S. The lowest BCUT2D eigenvalue weighted by Crippen LogP contribution is -2.51. The number of ether oxygens (including phenoxy) is 2. The maximum absolute atomic E-state index is 14.0. The molecule has 3 aliphatic rings. The second-order valence-electron chi connectivity index (χ2n) is 18.0. The van der Waals surface area contributed by atoms with Crippen molar-refractivity contribution in [1.82, 2.24) is 29.4 Å². The number of aromatic nitrogens is 2. The second-order valence-corrected chi connectivity index (χ2v) is 20.2. The maximum Gasteiger partial charge on any atom is 0.319 e. The van der Waals surface area contributed by atoms with Gasteiger partial charge in [-0.3, -0.25) is 19.8 Å². The van der Waals surface area contributed by atoms with E-state index in [1.165, 1.54) is 41.1 Å². The molecule has 17 nitrogen and oxygen atoms in total. The normalized spacial score (nSPS) is 17.9. The Kier molecular flexibility index (Phi) is 14.1. The molecule has 3 N–H and O–H groups in total. The molecule has 19 heteroatoms. The van der Waals surface area contributed by atoms with Gasteiger partial charge in [-0.2, -0.15) is 0 Å². The summed E-state index contributed by atoms with van der Waals surface area (Å²) >= 11 is 6.25. The monoisotopic (exact) mass is 953 g/mol. The van der Waals surface area contributed by atoms with Crippen LogP contribution >= 0.6 is 11.6 Å². The van der Waals surface area contributed by atoms with Crippen molar-refractivity contribution in [3.63, 3.8) is 0 Å². The van der Waals surface area contributed by atoms with Crippen molar-refractivity contribution in [2.75, 3.05) is 82.8 Å². The number of rotatable bonds is 14. The molecule has 0 bridgehead atoms. The summed E-state index contributed by atoms with van der Waals surface area (Å²) in [7, 11) is -2.93. The van der Waals surface area contributed by atoms with Gasteiger partial charge in [-0.25, -0.2) is 22.9 Å². The van der Waals surface area contributed by atoms with Crippen molar-refractivity contribution in [3.05, 3.63) is 117 Å². The van der Waals surface area contributed by atoms with Gasteiger partial charge in [-0.15, -0.1) is 0 Å². The summed E-state index contributed by atoms with van der Waals surface area (Å²) in [5.41, 5.74) is 5.18. The van der Waals surface area contributed by atoms with Gasteiger partial charge in [0, 0.05) is 93.8 Å². The Balaban J connectivity index is 0.980. The van der Waals surface area contributed by atoms with Crippen LogP contribution in [0.1, 0.15) is 56.0 Å². The number of piperazine rings is 1. The largest absolute Gasteiger partial charge is 0.455 e. The first-order valence-electron chi connectivity index (χ1n) is 22.5. The molecule has 0 saturated carbocycles. The Morgan fingerprint density at radius 3 is 2.57 bits per heavy atom. The average molecular weight is 955 g/mol. The summed E-state index contributed by atoms with van der Waals surface area (Å²) in [6.07, 6.45) is 5.95. The molecule has 3 aromatic carbocycles. The number of nitrogens with zero attached hydrogens (tertiary/aromatic N) is 6. The number of anilines is 2.